The Bertz CT molecular complexity index is 868. The Morgan fingerprint density at radius 1 is 0.880 bits per heavy atom. The predicted molar refractivity (Wildman–Crippen MR) is 104 cm³/mol. The average Bonchev–Trinajstić information content (AvgIpc) is 2.50. The van der Waals surface area contributed by atoms with Crippen molar-refractivity contribution in [3.8, 4) is 6.07 Å². The van der Waals surface area contributed by atoms with Crippen molar-refractivity contribution in [2.24, 2.45) is 0 Å². The second-order valence-electron chi connectivity index (χ2n) is 6.71. The molecule has 0 saturated carbocycles. The van der Waals surface area contributed by atoms with Gasteiger partial charge in [-0.25, -0.2) is 0 Å². The molecule has 2 aromatic rings. The third-order valence-electron chi connectivity index (χ3n) is 4.31. The molecule has 1 N–H and O–H groups in total. The van der Waals surface area contributed by atoms with E-state index < -0.39 is 0 Å². The average molecular weight is 332 g/mol. The highest BCUT2D eigenvalue weighted by Crippen LogP contribution is 2.24. The number of aryl methyl sites for hydroxylation is 6. The fourth-order valence-corrected chi connectivity index (χ4v) is 3.27. The van der Waals surface area contributed by atoms with Crippen LogP contribution in [0.3, 0.4) is 0 Å². The molecule has 0 atom stereocenters. The van der Waals surface area contributed by atoms with Gasteiger partial charge in [0, 0.05) is 5.69 Å². The van der Waals surface area contributed by atoms with Gasteiger partial charge >= 0.3 is 0 Å². The van der Waals surface area contributed by atoms with Crippen molar-refractivity contribution in [3.63, 3.8) is 0 Å². The monoisotopic (exact) mass is 332 g/mol. The lowest BCUT2D eigenvalue weighted by atomic mass is 9.97. The van der Waals surface area contributed by atoms with Crippen LogP contribution >= 0.6 is 0 Å². The van der Waals surface area contributed by atoms with Gasteiger partial charge in [0.2, 0.25) is 0 Å². The molecule has 1 amide bonds. The van der Waals surface area contributed by atoms with Crippen LogP contribution in [0.2, 0.25) is 0 Å². The maximum Gasteiger partial charge on any atom is 0.266 e. The minimum atomic E-state index is -0.378. The molecule has 0 aliphatic heterocycles. The van der Waals surface area contributed by atoms with Crippen LogP contribution in [-0.4, -0.2) is 5.91 Å². The van der Waals surface area contributed by atoms with Gasteiger partial charge in [0.15, 0.2) is 0 Å². The second kappa shape index (κ2) is 7.36. The smallest absolute Gasteiger partial charge is 0.266 e. The quantitative estimate of drug-likeness (QED) is 0.629. The van der Waals surface area contributed by atoms with Crippen LogP contribution in [0.5, 0.6) is 0 Å². The van der Waals surface area contributed by atoms with Crippen LogP contribution in [0.25, 0.3) is 6.08 Å². The Hall–Kier alpha value is -2.86. The van der Waals surface area contributed by atoms with Crippen molar-refractivity contribution in [3.05, 3.63) is 68.8 Å². The van der Waals surface area contributed by atoms with Crippen LogP contribution < -0.4 is 5.32 Å². The van der Waals surface area contributed by atoms with E-state index in [0.29, 0.717) is 0 Å². The first-order chi connectivity index (χ1) is 11.7. The molecule has 0 aromatic heterocycles. The normalized spacial score (nSPS) is 11.2. The highest BCUT2D eigenvalue weighted by Gasteiger charge is 2.14. The van der Waals surface area contributed by atoms with E-state index in [1.54, 1.807) is 6.08 Å². The summed E-state index contributed by atoms with van der Waals surface area (Å²) in [7, 11) is 0. The van der Waals surface area contributed by atoms with E-state index in [9.17, 15) is 10.1 Å². The van der Waals surface area contributed by atoms with Crippen molar-refractivity contribution in [1.29, 1.82) is 5.26 Å². The summed E-state index contributed by atoms with van der Waals surface area (Å²) in [6.45, 7) is 12.0. The molecule has 0 heterocycles. The number of hydrogen-bond acceptors (Lipinski definition) is 2. The molecule has 0 aliphatic rings. The largest absolute Gasteiger partial charge is 0.321 e. The Balaban J connectivity index is 2.40. The summed E-state index contributed by atoms with van der Waals surface area (Å²) >= 11 is 0. The highest BCUT2D eigenvalue weighted by molar-refractivity contribution is 6.10. The first-order valence-corrected chi connectivity index (χ1v) is 8.31. The van der Waals surface area contributed by atoms with Crippen LogP contribution in [0, 0.1) is 52.9 Å². The van der Waals surface area contributed by atoms with Gasteiger partial charge in [0.25, 0.3) is 5.91 Å². The molecular weight excluding hydrogens is 308 g/mol. The zero-order valence-corrected chi connectivity index (χ0v) is 15.7. The molecule has 128 valence electrons. The number of carbonyl (C=O) groups excluding carboxylic acids is 1. The van der Waals surface area contributed by atoms with Gasteiger partial charge in [-0.05, 0) is 75.4 Å². The van der Waals surface area contributed by atoms with Crippen LogP contribution in [0.4, 0.5) is 5.69 Å². The molecule has 0 radical (unpaired) electrons. The summed E-state index contributed by atoms with van der Waals surface area (Å²) in [6.07, 6.45) is 1.68. The minimum Gasteiger partial charge on any atom is -0.321 e. The Labute approximate surface area is 150 Å². The molecule has 0 aliphatic carbocycles. The predicted octanol–water partition coefficient (Wildman–Crippen LogP) is 5.08. The number of rotatable bonds is 3. The summed E-state index contributed by atoms with van der Waals surface area (Å²) in [5.41, 5.74) is 8.22. The molecule has 3 nitrogen and oxygen atoms in total. The van der Waals surface area contributed by atoms with Crippen molar-refractivity contribution in [2.75, 3.05) is 5.32 Å². The lowest BCUT2D eigenvalue weighted by Gasteiger charge is -2.13. The first kappa shape index (κ1) is 18.5. The van der Waals surface area contributed by atoms with Crippen LogP contribution in [0.1, 0.15) is 38.9 Å². The van der Waals surface area contributed by atoms with Gasteiger partial charge in [-0.3, -0.25) is 4.79 Å². The van der Waals surface area contributed by atoms with Gasteiger partial charge < -0.3 is 5.32 Å². The molecule has 0 saturated heterocycles. The summed E-state index contributed by atoms with van der Waals surface area (Å²) < 4.78 is 0. The number of carbonyl (C=O) groups is 1. The molecular formula is C22H24N2O. The SMILES string of the molecule is Cc1cc(C)c(/C=C(\C#N)C(=O)Nc2c(C)cc(C)cc2C)c(C)c1. The van der Waals surface area contributed by atoms with E-state index in [2.05, 4.69) is 17.4 Å². The zero-order chi connectivity index (χ0) is 18.7. The number of benzene rings is 2. The lowest BCUT2D eigenvalue weighted by Crippen LogP contribution is -2.15. The molecule has 25 heavy (non-hydrogen) atoms. The van der Waals surface area contributed by atoms with Gasteiger partial charge in [0.1, 0.15) is 11.6 Å². The molecule has 0 fully saturated rings. The third-order valence-corrected chi connectivity index (χ3v) is 4.31. The van der Waals surface area contributed by atoms with E-state index in [0.717, 1.165) is 39.1 Å². The van der Waals surface area contributed by atoms with E-state index in [1.807, 2.05) is 59.7 Å². The fraction of sp³-hybridized carbons (Fsp3) is 0.273. The number of hydrogen-bond donors (Lipinski definition) is 1. The summed E-state index contributed by atoms with van der Waals surface area (Å²) in [4.78, 5) is 12.6. The van der Waals surface area contributed by atoms with Crippen molar-refractivity contribution in [2.45, 2.75) is 41.5 Å². The van der Waals surface area contributed by atoms with E-state index in [4.69, 9.17) is 0 Å². The highest BCUT2D eigenvalue weighted by atomic mass is 16.1. The third kappa shape index (κ3) is 4.16. The molecule has 2 aromatic carbocycles. The minimum absolute atomic E-state index is 0.106. The number of nitrogens with zero attached hydrogens (tertiary/aromatic N) is 1. The van der Waals surface area contributed by atoms with Crippen LogP contribution in [0.15, 0.2) is 29.8 Å². The molecule has 0 bridgehead atoms. The van der Waals surface area contributed by atoms with E-state index in [-0.39, 0.29) is 11.5 Å². The number of amides is 1. The summed E-state index contributed by atoms with van der Waals surface area (Å²) in [5, 5.41) is 12.4. The molecule has 0 unspecified atom stereocenters. The Morgan fingerprint density at radius 2 is 1.32 bits per heavy atom. The van der Waals surface area contributed by atoms with Crippen molar-refractivity contribution >= 4 is 17.7 Å². The zero-order valence-electron chi connectivity index (χ0n) is 15.7. The summed E-state index contributed by atoms with van der Waals surface area (Å²) in [6, 6.07) is 10.2. The van der Waals surface area contributed by atoms with Crippen molar-refractivity contribution < 1.29 is 4.79 Å². The standard InChI is InChI=1S/C22H24N2O/c1-13-7-15(3)20(16(4)8-13)11-19(12-23)22(25)24-21-17(5)9-14(2)10-18(21)6/h7-11H,1-6H3,(H,24,25)/b19-11+. The van der Waals surface area contributed by atoms with E-state index in [1.165, 1.54) is 5.56 Å². The van der Waals surface area contributed by atoms with Gasteiger partial charge in [0.05, 0.1) is 0 Å². The van der Waals surface area contributed by atoms with Gasteiger partial charge in [-0.2, -0.15) is 5.26 Å². The lowest BCUT2D eigenvalue weighted by molar-refractivity contribution is -0.112. The number of nitrogens with one attached hydrogen (secondary N) is 1. The first-order valence-electron chi connectivity index (χ1n) is 8.31. The van der Waals surface area contributed by atoms with Crippen molar-refractivity contribution in [1.82, 2.24) is 0 Å². The maximum absolute atomic E-state index is 12.6. The number of anilines is 1. The Morgan fingerprint density at radius 3 is 1.76 bits per heavy atom. The van der Waals surface area contributed by atoms with Gasteiger partial charge in [-0.15, -0.1) is 0 Å². The molecule has 3 heteroatoms. The van der Waals surface area contributed by atoms with Crippen LogP contribution in [-0.2, 0) is 4.79 Å². The Kier molecular flexibility index (Phi) is 5.44. The fourth-order valence-electron chi connectivity index (χ4n) is 3.27. The maximum atomic E-state index is 12.6. The molecule has 2 rings (SSSR count). The molecule has 0 spiro atoms. The van der Waals surface area contributed by atoms with E-state index >= 15 is 0 Å². The summed E-state index contributed by atoms with van der Waals surface area (Å²) in [5.74, 6) is -0.378. The second-order valence-corrected chi connectivity index (χ2v) is 6.71. The number of nitriles is 1. The van der Waals surface area contributed by atoms with Gasteiger partial charge in [-0.1, -0.05) is 35.4 Å². The topological polar surface area (TPSA) is 52.9 Å².